The molecule has 2 aromatic rings. The van der Waals surface area contributed by atoms with Gasteiger partial charge in [-0.2, -0.15) is 0 Å². The lowest BCUT2D eigenvalue weighted by Crippen LogP contribution is -2.53. The van der Waals surface area contributed by atoms with Crippen LogP contribution in [0.2, 0.25) is 0 Å². The molecular weight excluding hydrogens is 349 g/mol. The molecule has 3 amide bonds. The van der Waals surface area contributed by atoms with E-state index in [1.54, 1.807) is 30.3 Å². The quantitative estimate of drug-likeness (QED) is 0.866. The van der Waals surface area contributed by atoms with Crippen LogP contribution in [0.3, 0.4) is 0 Å². The molecule has 142 valence electrons. The highest BCUT2D eigenvalue weighted by atomic mass is 19.1. The Hall–Kier alpha value is -3.09. The van der Waals surface area contributed by atoms with E-state index in [0.717, 1.165) is 0 Å². The molecule has 27 heavy (non-hydrogen) atoms. The Bertz CT molecular complexity index is 841. The van der Waals surface area contributed by atoms with Crippen LogP contribution in [0, 0.1) is 5.82 Å². The van der Waals surface area contributed by atoms with E-state index in [4.69, 9.17) is 4.74 Å². The molecule has 0 saturated carbocycles. The van der Waals surface area contributed by atoms with Gasteiger partial charge in [-0.3, -0.25) is 4.79 Å². The van der Waals surface area contributed by atoms with Gasteiger partial charge < -0.3 is 20.3 Å². The number of halogens is 1. The molecule has 2 aromatic carbocycles. The monoisotopic (exact) mass is 371 g/mol. The fourth-order valence-corrected chi connectivity index (χ4v) is 3.01. The lowest BCUT2D eigenvalue weighted by Gasteiger charge is -2.35. The highest BCUT2D eigenvalue weighted by Crippen LogP contribution is 2.26. The number of amides is 3. The summed E-state index contributed by atoms with van der Waals surface area (Å²) in [5.41, 5.74) is 0.987. The molecule has 2 N–H and O–H groups in total. The molecule has 1 atom stereocenters. The number of hydrogen-bond acceptors (Lipinski definition) is 3. The third-order valence-electron chi connectivity index (χ3n) is 4.09. The van der Waals surface area contributed by atoms with Crippen LogP contribution in [0.1, 0.15) is 25.5 Å². The summed E-state index contributed by atoms with van der Waals surface area (Å²) >= 11 is 0. The number of nitrogens with zero attached hydrogens (tertiary/aromatic N) is 1. The van der Waals surface area contributed by atoms with Crippen LogP contribution in [-0.4, -0.2) is 36.0 Å². The van der Waals surface area contributed by atoms with Gasteiger partial charge in [0.1, 0.15) is 17.6 Å². The molecule has 0 spiro atoms. The van der Waals surface area contributed by atoms with Gasteiger partial charge in [0.25, 0.3) is 0 Å². The van der Waals surface area contributed by atoms with E-state index >= 15 is 0 Å². The van der Waals surface area contributed by atoms with Gasteiger partial charge in [0.05, 0.1) is 6.10 Å². The van der Waals surface area contributed by atoms with Crippen molar-refractivity contribution < 1.29 is 18.7 Å². The summed E-state index contributed by atoms with van der Waals surface area (Å²) in [6.07, 6.45) is 0.0131. The summed E-state index contributed by atoms with van der Waals surface area (Å²) in [7, 11) is 0. The van der Waals surface area contributed by atoms with Gasteiger partial charge in [0.15, 0.2) is 0 Å². The smallest absolute Gasteiger partial charge is 0.322 e. The van der Waals surface area contributed by atoms with Crippen LogP contribution in [0.4, 0.5) is 14.9 Å². The molecule has 0 aromatic heterocycles. The van der Waals surface area contributed by atoms with E-state index in [1.807, 2.05) is 13.8 Å². The van der Waals surface area contributed by atoms with Crippen molar-refractivity contribution in [2.75, 3.05) is 18.4 Å². The zero-order valence-corrected chi connectivity index (χ0v) is 15.2. The molecule has 1 fully saturated rings. The second-order valence-electron chi connectivity index (χ2n) is 6.57. The zero-order valence-electron chi connectivity index (χ0n) is 15.2. The number of hydrogen-bond donors (Lipinski definition) is 2. The second kappa shape index (κ2) is 8.07. The van der Waals surface area contributed by atoms with Crippen molar-refractivity contribution in [1.82, 2.24) is 10.2 Å². The van der Waals surface area contributed by atoms with Crippen LogP contribution in [0.25, 0.3) is 0 Å². The van der Waals surface area contributed by atoms with Gasteiger partial charge in [-0.1, -0.05) is 18.2 Å². The Balaban J connectivity index is 1.80. The fraction of sp³-hybridized carbons (Fsp3) is 0.300. The standard InChI is InChI=1S/C20H22FN3O3/c1-13(2)27-17-8-4-7-16(12-17)23-20(26)24-10-9-22-19(25)18(24)14-5-3-6-15(21)11-14/h3-8,11-13,18H,9-10H2,1-2H3,(H,22,25)(H,23,26)/t18-/m1/s1. The lowest BCUT2D eigenvalue weighted by atomic mass is 10.0. The summed E-state index contributed by atoms with van der Waals surface area (Å²) in [6, 6.07) is 11.5. The average molecular weight is 371 g/mol. The number of anilines is 1. The Morgan fingerprint density at radius 3 is 2.78 bits per heavy atom. The number of nitrogens with one attached hydrogen (secondary N) is 2. The average Bonchev–Trinajstić information content (AvgIpc) is 2.61. The van der Waals surface area contributed by atoms with Crippen molar-refractivity contribution in [2.45, 2.75) is 26.0 Å². The Morgan fingerprint density at radius 2 is 2.04 bits per heavy atom. The van der Waals surface area contributed by atoms with Crippen molar-refractivity contribution in [3.05, 3.63) is 59.9 Å². The minimum absolute atomic E-state index is 0.0131. The first-order valence-corrected chi connectivity index (χ1v) is 8.81. The molecule has 0 radical (unpaired) electrons. The van der Waals surface area contributed by atoms with Crippen molar-refractivity contribution in [3.63, 3.8) is 0 Å². The number of benzene rings is 2. The van der Waals surface area contributed by atoms with Crippen molar-refractivity contribution in [3.8, 4) is 5.75 Å². The van der Waals surface area contributed by atoms with E-state index in [-0.39, 0.29) is 12.0 Å². The van der Waals surface area contributed by atoms with E-state index in [9.17, 15) is 14.0 Å². The lowest BCUT2D eigenvalue weighted by molar-refractivity contribution is -0.127. The van der Waals surface area contributed by atoms with E-state index in [2.05, 4.69) is 10.6 Å². The van der Waals surface area contributed by atoms with Gasteiger partial charge in [-0.05, 0) is 43.7 Å². The van der Waals surface area contributed by atoms with Crippen molar-refractivity contribution in [1.29, 1.82) is 0 Å². The molecule has 6 nitrogen and oxygen atoms in total. The van der Waals surface area contributed by atoms with Gasteiger partial charge in [0.2, 0.25) is 5.91 Å². The molecule has 0 bridgehead atoms. The SMILES string of the molecule is CC(C)Oc1cccc(NC(=O)N2CCNC(=O)[C@H]2c2cccc(F)c2)c1. The molecule has 0 unspecified atom stereocenters. The van der Waals surface area contributed by atoms with Crippen LogP contribution < -0.4 is 15.4 Å². The largest absolute Gasteiger partial charge is 0.491 e. The minimum Gasteiger partial charge on any atom is -0.491 e. The Labute approximate surface area is 157 Å². The molecule has 1 heterocycles. The Kier molecular flexibility index (Phi) is 5.59. The van der Waals surface area contributed by atoms with E-state index < -0.39 is 17.9 Å². The number of rotatable bonds is 4. The number of carbonyl (C=O) groups is 2. The maximum atomic E-state index is 13.6. The van der Waals surface area contributed by atoms with Gasteiger partial charge >= 0.3 is 6.03 Å². The molecule has 1 aliphatic rings. The van der Waals surface area contributed by atoms with Gasteiger partial charge in [-0.25, -0.2) is 9.18 Å². The topological polar surface area (TPSA) is 70.7 Å². The third kappa shape index (κ3) is 4.55. The van der Waals surface area contributed by atoms with Crippen LogP contribution in [-0.2, 0) is 4.79 Å². The first-order valence-electron chi connectivity index (χ1n) is 8.81. The van der Waals surface area contributed by atoms with Crippen LogP contribution in [0.15, 0.2) is 48.5 Å². The number of piperazine rings is 1. The summed E-state index contributed by atoms with van der Waals surface area (Å²) in [5, 5.41) is 5.52. The summed E-state index contributed by atoms with van der Waals surface area (Å²) in [5.74, 6) is -0.149. The first kappa shape index (κ1) is 18.7. The van der Waals surface area contributed by atoms with E-state index in [0.29, 0.717) is 30.1 Å². The molecular formula is C20H22FN3O3. The minimum atomic E-state index is -0.885. The molecule has 0 aliphatic carbocycles. The fourth-order valence-electron chi connectivity index (χ4n) is 3.01. The predicted octanol–water partition coefficient (Wildman–Crippen LogP) is 3.32. The summed E-state index contributed by atoms with van der Waals surface area (Å²) < 4.78 is 19.2. The molecule has 3 rings (SSSR count). The maximum Gasteiger partial charge on any atom is 0.322 e. The Morgan fingerprint density at radius 1 is 1.26 bits per heavy atom. The zero-order chi connectivity index (χ0) is 19.4. The first-order chi connectivity index (χ1) is 12.9. The van der Waals surface area contributed by atoms with E-state index in [1.165, 1.54) is 23.1 Å². The number of carbonyl (C=O) groups excluding carboxylic acids is 2. The second-order valence-corrected chi connectivity index (χ2v) is 6.57. The summed E-state index contributed by atoms with van der Waals surface area (Å²) in [4.78, 5) is 26.6. The number of ether oxygens (including phenoxy) is 1. The number of urea groups is 1. The third-order valence-corrected chi connectivity index (χ3v) is 4.09. The van der Waals surface area contributed by atoms with Gasteiger partial charge in [-0.15, -0.1) is 0 Å². The highest BCUT2D eigenvalue weighted by molar-refractivity contribution is 5.95. The van der Waals surface area contributed by atoms with Crippen molar-refractivity contribution >= 4 is 17.6 Å². The van der Waals surface area contributed by atoms with Crippen LogP contribution in [0.5, 0.6) is 5.75 Å². The predicted molar refractivity (Wildman–Crippen MR) is 100 cm³/mol. The maximum absolute atomic E-state index is 13.6. The normalized spacial score (nSPS) is 16.8. The van der Waals surface area contributed by atoms with Gasteiger partial charge in [0, 0.05) is 24.8 Å². The molecule has 1 saturated heterocycles. The molecule has 7 heteroatoms. The molecule has 1 aliphatic heterocycles. The highest BCUT2D eigenvalue weighted by Gasteiger charge is 2.34. The summed E-state index contributed by atoms with van der Waals surface area (Å²) in [6.45, 7) is 4.50. The van der Waals surface area contributed by atoms with Crippen LogP contribution >= 0.6 is 0 Å². The van der Waals surface area contributed by atoms with Crippen molar-refractivity contribution in [2.24, 2.45) is 0 Å².